The summed E-state index contributed by atoms with van der Waals surface area (Å²) < 4.78 is 0. The van der Waals surface area contributed by atoms with Gasteiger partial charge in [-0.2, -0.15) is 0 Å². The molecule has 4 N–H and O–H groups in total. The second-order valence-corrected chi connectivity index (χ2v) is 7.12. The van der Waals surface area contributed by atoms with Crippen LogP contribution in [0.5, 0.6) is 0 Å². The lowest BCUT2D eigenvalue weighted by Crippen LogP contribution is -2.18. The highest BCUT2D eigenvalue weighted by Crippen LogP contribution is 2.26. The highest BCUT2D eigenvalue weighted by molar-refractivity contribution is 6.04. The normalized spacial score (nSPS) is 10.7. The molecule has 30 heavy (non-hydrogen) atoms. The Labute approximate surface area is 173 Å². The van der Waals surface area contributed by atoms with Crippen LogP contribution in [0.15, 0.2) is 72.8 Å². The predicted molar refractivity (Wildman–Crippen MR) is 116 cm³/mol. The number of aromatic amines is 1. The first-order valence-corrected chi connectivity index (χ1v) is 9.56. The van der Waals surface area contributed by atoms with Gasteiger partial charge < -0.3 is 10.3 Å². The third-order valence-electron chi connectivity index (χ3n) is 5.11. The highest BCUT2D eigenvalue weighted by atomic mass is 16.5. The van der Waals surface area contributed by atoms with E-state index in [-0.39, 0.29) is 5.91 Å². The lowest BCUT2D eigenvalue weighted by Gasteiger charge is -2.08. The first kappa shape index (κ1) is 19.4. The number of amides is 2. The smallest absolute Gasteiger partial charge is 0.274 e. The predicted octanol–water partition coefficient (Wildman–Crippen LogP) is 4.44. The summed E-state index contributed by atoms with van der Waals surface area (Å²) >= 11 is 0. The summed E-state index contributed by atoms with van der Waals surface area (Å²) in [5, 5.41) is 12.7. The van der Waals surface area contributed by atoms with Crippen molar-refractivity contribution in [2.75, 3.05) is 5.32 Å². The van der Waals surface area contributed by atoms with Crippen LogP contribution in [0.25, 0.3) is 10.9 Å². The minimum atomic E-state index is -0.541. The standard InChI is InChI=1S/C24H21N3O3/c1-15-20(21-14-18(24(29)27-30)9-12-22(21)25-15)13-16-7-10-19(11-8-16)26-23(28)17-5-3-2-4-6-17/h2-12,14,25,30H,13H2,1H3,(H,26,28)(H,27,29). The average Bonchev–Trinajstić information content (AvgIpc) is 3.09. The Balaban J connectivity index is 1.54. The largest absolute Gasteiger partial charge is 0.358 e. The van der Waals surface area contributed by atoms with E-state index in [0.717, 1.165) is 33.4 Å². The Morgan fingerprint density at radius 2 is 1.63 bits per heavy atom. The Bertz CT molecular complexity index is 1210. The number of nitrogens with one attached hydrogen (secondary N) is 3. The summed E-state index contributed by atoms with van der Waals surface area (Å²) in [6.07, 6.45) is 0.670. The molecule has 0 atom stereocenters. The van der Waals surface area contributed by atoms with E-state index in [4.69, 9.17) is 5.21 Å². The van der Waals surface area contributed by atoms with Crippen molar-refractivity contribution >= 4 is 28.4 Å². The van der Waals surface area contributed by atoms with E-state index in [1.165, 1.54) is 0 Å². The van der Waals surface area contributed by atoms with Gasteiger partial charge in [-0.15, -0.1) is 0 Å². The molecule has 0 spiro atoms. The van der Waals surface area contributed by atoms with Crippen molar-refractivity contribution in [3.63, 3.8) is 0 Å². The van der Waals surface area contributed by atoms with Crippen molar-refractivity contribution in [2.45, 2.75) is 13.3 Å². The number of hydrogen-bond acceptors (Lipinski definition) is 3. The van der Waals surface area contributed by atoms with Gasteiger partial charge in [-0.05, 0) is 66.9 Å². The molecule has 0 fully saturated rings. The van der Waals surface area contributed by atoms with Crippen LogP contribution in [0.3, 0.4) is 0 Å². The van der Waals surface area contributed by atoms with Crippen molar-refractivity contribution in [1.29, 1.82) is 0 Å². The van der Waals surface area contributed by atoms with E-state index in [9.17, 15) is 9.59 Å². The number of carbonyl (C=O) groups excluding carboxylic acids is 2. The van der Waals surface area contributed by atoms with E-state index in [2.05, 4.69) is 10.3 Å². The van der Waals surface area contributed by atoms with Crippen LogP contribution in [0, 0.1) is 6.92 Å². The zero-order valence-corrected chi connectivity index (χ0v) is 16.4. The summed E-state index contributed by atoms with van der Waals surface area (Å²) in [7, 11) is 0. The summed E-state index contributed by atoms with van der Waals surface area (Å²) in [5.74, 6) is -0.689. The molecule has 1 aromatic heterocycles. The molecule has 150 valence electrons. The molecule has 3 aromatic carbocycles. The number of H-pyrrole nitrogens is 1. The summed E-state index contributed by atoms with van der Waals surface area (Å²) in [6.45, 7) is 2.00. The Hall–Kier alpha value is -3.90. The Kier molecular flexibility index (Phi) is 5.32. The van der Waals surface area contributed by atoms with Crippen LogP contribution in [-0.2, 0) is 6.42 Å². The molecule has 4 aromatic rings. The number of benzene rings is 3. The van der Waals surface area contributed by atoms with Crippen LogP contribution >= 0.6 is 0 Å². The monoisotopic (exact) mass is 399 g/mol. The molecule has 0 radical (unpaired) electrons. The van der Waals surface area contributed by atoms with E-state index in [1.54, 1.807) is 29.7 Å². The number of fused-ring (bicyclic) bond motifs is 1. The maximum atomic E-state index is 12.3. The van der Waals surface area contributed by atoms with Gasteiger partial charge in [0.1, 0.15) is 0 Å². The molecule has 0 saturated heterocycles. The second-order valence-electron chi connectivity index (χ2n) is 7.12. The molecule has 0 unspecified atom stereocenters. The van der Waals surface area contributed by atoms with Crippen LogP contribution in [0.2, 0.25) is 0 Å². The van der Waals surface area contributed by atoms with Crippen molar-refractivity contribution in [3.05, 3.63) is 101 Å². The Morgan fingerprint density at radius 3 is 2.33 bits per heavy atom. The fourth-order valence-corrected chi connectivity index (χ4v) is 3.52. The van der Waals surface area contributed by atoms with Crippen LogP contribution in [-0.4, -0.2) is 22.0 Å². The maximum absolute atomic E-state index is 12.3. The quantitative estimate of drug-likeness (QED) is 0.295. The average molecular weight is 399 g/mol. The topological polar surface area (TPSA) is 94.2 Å². The van der Waals surface area contributed by atoms with Crippen molar-refractivity contribution in [3.8, 4) is 0 Å². The molecule has 0 aliphatic carbocycles. The lowest BCUT2D eigenvalue weighted by molar-refractivity contribution is 0.0706. The van der Waals surface area contributed by atoms with Gasteiger partial charge in [0.15, 0.2) is 0 Å². The van der Waals surface area contributed by atoms with Gasteiger partial charge in [0, 0.05) is 33.4 Å². The summed E-state index contributed by atoms with van der Waals surface area (Å²) in [4.78, 5) is 27.4. The fourth-order valence-electron chi connectivity index (χ4n) is 3.52. The van der Waals surface area contributed by atoms with Gasteiger partial charge in [-0.1, -0.05) is 30.3 Å². The second kappa shape index (κ2) is 8.23. The highest BCUT2D eigenvalue weighted by Gasteiger charge is 2.13. The third kappa shape index (κ3) is 3.94. The van der Waals surface area contributed by atoms with Crippen LogP contribution in [0.4, 0.5) is 5.69 Å². The molecule has 0 aliphatic heterocycles. The van der Waals surface area contributed by atoms with Crippen LogP contribution < -0.4 is 10.8 Å². The number of hydrogen-bond donors (Lipinski definition) is 4. The van der Waals surface area contributed by atoms with Crippen LogP contribution in [0.1, 0.15) is 37.5 Å². The van der Waals surface area contributed by atoms with Gasteiger partial charge in [-0.25, -0.2) is 5.48 Å². The van der Waals surface area contributed by atoms with Crippen molar-refractivity contribution in [2.24, 2.45) is 0 Å². The third-order valence-corrected chi connectivity index (χ3v) is 5.11. The van der Waals surface area contributed by atoms with Gasteiger partial charge >= 0.3 is 0 Å². The molecule has 1 heterocycles. The zero-order valence-electron chi connectivity index (χ0n) is 16.4. The first-order valence-electron chi connectivity index (χ1n) is 9.56. The minimum absolute atomic E-state index is 0.148. The Morgan fingerprint density at radius 1 is 0.900 bits per heavy atom. The molecular formula is C24H21N3O3. The molecule has 2 amide bonds. The maximum Gasteiger partial charge on any atom is 0.274 e. The fraction of sp³-hybridized carbons (Fsp3) is 0.0833. The van der Waals surface area contributed by atoms with E-state index >= 15 is 0 Å². The molecule has 0 aliphatic rings. The SMILES string of the molecule is Cc1[nH]c2ccc(C(=O)NO)cc2c1Cc1ccc(NC(=O)c2ccccc2)cc1. The van der Waals surface area contributed by atoms with E-state index in [1.807, 2.05) is 55.5 Å². The molecule has 0 saturated carbocycles. The first-order chi connectivity index (χ1) is 14.5. The number of rotatable bonds is 5. The molecule has 4 rings (SSSR count). The summed E-state index contributed by atoms with van der Waals surface area (Å²) in [6, 6.07) is 22.1. The minimum Gasteiger partial charge on any atom is -0.358 e. The van der Waals surface area contributed by atoms with Crippen molar-refractivity contribution < 1.29 is 14.8 Å². The number of carbonyl (C=O) groups is 2. The van der Waals surface area contributed by atoms with Gasteiger partial charge in [0.25, 0.3) is 11.8 Å². The molecule has 6 heteroatoms. The van der Waals surface area contributed by atoms with E-state index < -0.39 is 5.91 Å². The van der Waals surface area contributed by atoms with Gasteiger partial charge in [0.2, 0.25) is 0 Å². The van der Waals surface area contributed by atoms with E-state index in [0.29, 0.717) is 17.5 Å². The zero-order chi connectivity index (χ0) is 21.1. The summed E-state index contributed by atoms with van der Waals surface area (Å²) in [5.41, 5.74) is 7.52. The van der Waals surface area contributed by atoms with Crippen molar-refractivity contribution in [1.82, 2.24) is 10.5 Å². The number of anilines is 1. The van der Waals surface area contributed by atoms with Gasteiger partial charge in [-0.3, -0.25) is 14.8 Å². The number of hydroxylamine groups is 1. The molecular weight excluding hydrogens is 378 g/mol. The number of aryl methyl sites for hydroxylation is 1. The molecule has 6 nitrogen and oxygen atoms in total. The van der Waals surface area contributed by atoms with Gasteiger partial charge in [0.05, 0.1) is 0 Å². The number of aromatic nitrogens is 1. The molecule has 0 bridgehead atoms. The lowest BCUT2D eigenvalue weighted by atomic mass is 10.0.